The first kappa shape index (κ1) is 6.60. The molecule has 0 atom stereocenters. The minimum Gasteiger partial charge on any atom is -0.504 e. The highest BCUT2D eigenvalue weighted by Crippen LogP contribution is 2.32. The van der Waals surface area contributed by atoms with E-state index in [0.29, 0.717) is 5.58 Å². The molecule has 0 aliphatic rings. The van der Waals surface area contributed by atoms with E-state index >= 15 is 0 Å². The van der Waals surface area contributed by atoms with Crippen LogP contribution in [0, 0.1) is 0 Å². The number of hydrogen-bond acceptors (Lipinski definition) is 2. The van der Waals surface area contributed by atoms with Crippen LogP contribution in [0.25, 0.3) is 21.9 Å². The molecular formula is C10H7NO2. The molecule has 3 heteroatoms. The fourth-order valence-corrected chi connectivity index (χ4v) is 1.65. The fraction of sp³-hybridized carbons (Fsp3) is 0. The summed E-state index contributed by atoms with van der Waals surface area (Å²) in [6.45, 7) is 0. The van der Waals surface area contributed by atoms with Gasteiger partial charge >= 0.3 is 0 Å². The summed E-state index contributed by atoms with van der Waals surface area (Å²) in [7, 11) is 0. The summed E-state index contributed by atoms with van der Waals surface area (Å²) < 4.78 is 5.16. The molecule has 0 radical (unpaired) electrons. The number of furan rings is 1. The Bertz CT molecular complexity index is 577. The van der Waals surface area contributed by atoms with Crippen LogP contribution in [0.15, 0.2) is 35.1 Å². The normalized spacial score (nSPS) is 11.4. The summed E-state index contributed by atoms with van der Waals surface area (Å²) in [5.74, 6) is 0.195. The van der Waals surface area contributed by atoms with Crippen molar-refractivity contribution in [2.45, 2.75) is 0 Å². The summed E-state index contributed by atoms with van der Waals surface area (Å²) in [4.78, 5) is 3.08. The van der Waals surface area contributed by atoms with Gasteiger partial charge in [-0.2, -0.15) is 0 Å². The first-order valence-electron chi connectivity index (χ1n) is 4.02. The average Bonchev–Trinajstić information content (AvgIpc) is 2.70. The predicted octanol–water partition coefficient (Wildman–Crippen LogP) is 2.62. The molecule has 3 aromatic rings. The minimum atomic E-state index is 0.195. The number of rotatable bonds is 0. The monoisotopic (exact) mass is 173 g/mol. The van der Waals surface area contributed by atoms with Crippen LogP contribution in [-0.2, 0) is 0 Å². The second-order valence-corrected chi connectivity index (χ2v) is 3.00. The molecule has 2 aromatic heterocycles. The highest BCUT2D eigenvalue weighted by molar-refractivity contribution is 6.07. The SMILES string of the molecule is Oc1coc2ccc3[nH]ccc3c12. The van der Waals surface area contributed by atoms with Crippen LogP contribution in [0.2, 0.25) is 0 Å². The van der Waals surface area contributed by atoms with Crippen molar-refractivity contribution in [2.75, 3.05) is 0 Å². The molecule has 0 bridgehead atoms. The fourth-order valence-electron chi connectivity index (χ4n) is 1.65. The molecule has 0 aliphatic heterocycles. The molecule has 1 aromatic carbocycles. The Labute approximate surface area is 73.6 Å². The van der Waals surface area contributed by atoms with Crippen LogP contribution in [-0.4, -0.2) is 10.1 Å². The van der Waals surface area contributed by atoms with Gasteiger partial charge in [-0.15, -0.1) is 0 Å². The smallest absolute Gasteiger partial charge is 0.162 e. The molecule has 64 valence electrons. The third-order valence-electron chi connectivity index (χ3n) is 2.25. The van der Waals surface area contributed by atoms with E-state index in [1.165, 1.54) is 6.26 Å². The topological polar surface area (TPSA) is 49.2 Å². The number of benzene rings is 1. The van der Waals surface area contributed by atoms with Crippen LogP contribution in [0.4, 0.5) is 0 Å². The molecule has 0 saturated heterocycles. The van der Waals surface area contributed by atoms with Gasteiger partial charge in [-0.05, 0) is 18.2 Å². The Balaban J connectivity index is 2.70. The van der Waals surface area contributed by atoms with E-state index in [-0.39, 0.29) is 5.75 Å². The Morgan fingerprint density at radius 3 is 3.08 bits per heavy atom. The van der Waals surface area contributed by atoms with Gasteiger partial charge in [0.25, 0.3) is 0 Å². The summed E-state index contributed by atoms with van der Waals surface area (Å²) in [5.41, 5.74) is 1.72. The molecule has 0 aliphatic carbocycles. The van der Waals surface area contributed by atoms with E-state index in [1.54, 1.807) is 0 Å². The van der Waals surface area contributed by atoms with Crippen LogP contribution >= 0.6 is 0 Å². The molecule has 0 saturated carbocycles. The molecule has 0 amide bonds. The lowest BCUT2D eigenvalue weighted by Gasteiger charge is -1.91. The largest absolute Gasteiger partial charge is 0.504 e. The van der Waals surface area contributed by atoms with Crippen LogP contribution < -0.4 is 0 Å². The number of aromatic nitrogens is 1. The Morgan fingerprint density at radius 1 is 1.23 bits per heavy atom. The lowest BCUT2D eigenvalue weighted by atomic mass is 10.1. The van der Waals surface area contributed by atoms with E-state index in [1.807, 2.05) is 24.4 Å². The zero-order valence-electron chi connectivity index (χ0n) is 6.74. The molecule has 0 unspecified atom stereocenters. The van der Waals surface area contributed by atoms with Gasteiger partial charge in [0.05, 0.1) is 5.39 Å². The molecule has 3 nitrogen and oxygen atoms in total. The second-order valence-electron chi connectivity index (χ2n) is 3.00. The molecule has 3 rings (SSSR count). The first-order valence-corrected chi connectivity index (χ1v) is 4.02. The first-order chi connectivity index (χ1) is 6.36. The Morgan fingerprint density at radius 2 is 2.15 bits per heavy atom. The summed E-state index contributed by atoms with van der Waals surface area (Å²) >= 11 is 0. The average molecular weight is 173 g/mol. The lowest BCUT2D eigenvalue weighted by molar-refractivity contribution is 0.464. The van der Waals surface area contributed by atoms with Crippen molar-refractivity contribution in [1.29, 1.82) is 0 Å². The molecule has 13 heavy (non-hydrogen) atoms. The van der Waals surface area contributed by atoms with Crippen molar-refractivity contribution < 1.29 is 9.52 Å². The van der Waals surface area contributed by atoms with Crippen molar-refractivity contribution in [3.8, 4) is 5.75 Å². The number of aromatic amines is 1. The number of aromatic hydroxyl groups is 1. The van der Waals surface area contributed by atoms with Gasteiger partial charge in [-0.1, -0.05) is 0 Å². The van der Waals surface area contributed by atoms with E-state index in [4.69, 9.17) is 4.42 Å². The zero-order chi connectivity index (χ0) is 8.84. The minimum absolute atomic E-state index is 0.195. The lowest BCUT2D eigenvalue weighted by Crippen LogP contribution is -1.68. The van der Waals surface area contributed by atoms with Crippen molar-refractivity contribution in [1.82, 2.24) is 4.98 Å². The summed E-state index contributed by atoms with van der Waals surface area (Å²) in [6.07, 6.45) is 3.20. The summed E-state index contributed by atoms with van der Waals surface area (Å²) in [6, 6.07) is 5.70. The van der Waals surface area contributed by atoms with E-state index < -0.39 is 0 Å². The van der Waals surface area contributed by atoms with Gasteiger partial charge in [-0.3, -0.25) is 0 Å². The van der Waals surface area contributed by atoms with Crippen molar-refractivity contribution >= 4 is 21.9 Å². The number of hydrogen-bond donors (Lipinski definition) is 2. The van der Waals surface area contributed by atoms with Gasteiger partial charge in [0.15, 0.2) is 5.75 Å². The van der Waals surface area contributed by atoms with E-state index in [2.05, 4.69) is 4.98 Å². The number of nitrogens with one attached hydrogen (secondary N) is 1. The number of H-pyrrole nitrogens is 1. The Hall–Kier alpha value is -1.90. The highest BCUT2D eigenvalue weighted by Gasteiger charge is 2.08. The maximum Gasteiger partial charge on any atom is 0.162 e. The van der Waals surface area contributed by atoms with Crippen molar-refractivity contribution in [3.63, 3.8) is 0 Å². The van der Waals surface area contributed by atoms with E-state index in [0.717, 1.165) is 16.3 Å². The second kappa shape index (κ2) is 2.07. The molecular weight excluding hydrogens is 166 g/mol. The van der Waals surface area contributed by atoms with Gasteiger partial charge < -0.3 is 14.5 Å². The quantitative estimate of drug-likeness (QED) is 0.549. The zero-order valence-corrected chi connectivity index (χ0v) is 6.74. The third kappa shape index (κ3) is 0.731. The highest BCUT2D eigenvalue weighted by atomic mass is 16.4. The van der Waals surface area contributed by atoms with Gasteiger partial charge in [0.1, 0.15) is 11.8 Å². The van der Waals surface area contributed by atoms with Gasteiger partial charge in [0, 0.05) is 17.1 Å². The molecule has 0 spiro atoms. The maximum atomic E-state index is 9.52. The van der Waals surface area contributed by atoms with Crippen LogP contribution in [0.1, 0.15) is 0 Å². The standard InChI is InChI=1S/C10H7NO2/c12-8-5-13-9-2-1-7-6(10(8)9)3-4-11-7/h1-5,11-12H. The molecule has 2 N–H and O–H groups in total. The summed E-state index contributed by atoms with van der Waals surface area (Å²) in [5, 5.41) is 11.3. The molecule has 0 fully saturated rings. The van der Waals surface area contributed by atoms with E-state index in [9.17, 15) is 5.11 Å². The predicted molar refractivity (Wildman–Crippen MR) is 49.7 cm³/mol. The molecule has 2 heterocycles. The third-order valence-corrected chi connectivity index (χ3v) is 2.25. The van der Waals surface area contributed by atoms with Crippen LogP contribution in [0.3, 0.4) is 0 Å². The van der Waals surface area contributed by atoms with Gasteiger partial charge in [-0.25, -0.2) is 0 Å². The van der Waals surface area contributed by atoms with Crippen molar-refractivity contribution in [3.05, 3.63) is 30.7 Å². The Kier molecular flexibility index (Phi) is 1.05. The maximum absolute atomic E-state index is 9.52. The van der Waals surface area contributed by atoms with Gasteiger partial charge in [0.2, 0.25) is 0 Å². The van der Waals surface area contributed by atoms with Crippen LogP contribution in [0.5, 0.6) is 5.75 Å². The number of fused-ring (bicyclic) bond motifs is 3. The van der Waals surface area contributed by atoms with Crippen molar-refractivity contribution in [2.24, 2.45) is 0 Å².